The number of carbonyl (C=O) groups excluding carboxylic acids is 1. The molecule has 1 aliphatic rings. The Kier molecular flexibility index (Phi) is 4.73. The summed E-state index contributed by atoms with van der Waals surface area (Å²) >= 11 is 7.25. The van der Waals surface area contributed by atoms with Gasteiger partial charge in [0.25, 0.3) is 5.91 Å². The lowest BCUT2D eigenvalue weighted by Gasteiger charge is -2.07. The summed E-state index contributed by atoms with van der Waals surface area (Å²) in [6.07, 6.45) is 0.885. The van der Waals surface area contributed by atoms with E-state index in [1.54, 1.807) is 13.8 Å². The zero-order valence-corrected chi connectivity index (χ0v) is 15.7. The van der Waals surface area contributed by atoms with Crippen LogP contribution in [0.5, 0.6) is 0 Å². The Balaban J connectivity index is 1.73. The molecule has 4 nitrogen and oxygen atoms in total. The van der Waals surface area contributed by atoms with Crippen LogP contribution in [0, 0.1) is 0 Å². The summed E-state index contributed by atoms with van der Waals surface area (Å²) in [5.74, 6) is 0.00592. The molecule has 1 aromatic carbocycles. The van der Waals surface area contributed by atoms with E-state index >= 15 is 0 Å². The van der Waals surface area contributed by atoms with Gasteiger partial charge in [-0.1, -0.05) is 41.9 Å². The molecule has 0 aliphatic heterocycles. The van der Waals surface area contributed by atoms with Gasteiger partial charge in [-0.25, -0.2) is 8.42 Å². The minimum atomic E-state index is -3.49. The molecule has 1 heterocycles. The first-order valence-corrected chi connectivity index (χ1v) is 10.5. The molecule has 1 fully saturated rings. The molecule has 7 heteroatoms. The van der Waals surface area contributed by atoms with Crippen LogP contribution in [0.2, 0.25) is 5.02 Å². The number of amides is 1. The Morgan fingerprint density at radius 1 is 1.29 bits per heavy atom. The van der Waals surface area contributed by atoms with E-state index in [0.717, 1.165) is 17.8 Å². The maximum absolute atomic E-state index is 12.4. The molecule has 1 amide bonds. The van der Waals surface area contributed by atoms with Crippen LogP contribution in [-0.4, -0.2) is 25.6 Å². The third-order valence-electron chi connectivity index (χ3n) is 4.17. The second-order valence-electron chi connectivity index (χ2n) is 6.17. The van der Waals surface area contributed by atoms with Crippen molar-refractivity contribution in [2.45, 2.75) is 42.4 Å². The molecule has 0 bridgehead atoms. The number of thiophene rings is 1. The lowest BCUT2D eigenvalue weighted by molar-refractivity contribution is 0.0954. The quantitative estimate of drug-likeness (QED) is 0.852. The van der Waals surface area contributed by atoms with Crippen molar-refractivity contribution < 1.29 is 13.2 Å². The number of halogens is 1. The molecule has 128 valence electrons. The Morgan fingerprint density at radius 3 is 2.58 bits per heavy atom. The van der Waals surface area contributed by atoms with E-state index in [-0.39, 0.29) is 26.7 Å². The van der Waals surface area contributed by atoms with Crippen molar-refractivity contribution >= 4 is 38.7 Å². The molecule has 1 aromatic heterocycles. The highest BCUT2D eigenvalue weighted by Gasteiger charge is 2.40. The maximum atomic E-state index is 12.4. The molecule has 0 saturated heterocycles. The van der Waals surface area contributed by atoms with Crippen LogP contribution < -0.4 is 5.32 Å². The predicted molar refractivity (Wildman–Crippen MR) is 96.7 cm³/mol. The first-order valence-electron chi connectivity index (χ1n) is 7.69. The number of benzene rings is 1. The number of sulfone groups is 1. The van der Waals surface area contributed by atoms with Gasteiger partial charge in [-0.15, -0.1) is 11.3 Å². The fourth-order valence-electron chi connectivity index (χ4n) is 2.58. The molecule has 2 aromatic rings. The predicted octanol–water partition coefficient (Wildman–Crippen LogP) is 3.87. The summed E-state index contributed by atoms with van der Waals surface area (Å²) in [5.41, 5.74) is 1.20. The molecule has 0 radical (unpaired) electrons. The average Bonchev–Trinajstić information content (AvgIpc) is 3.19. The number of hydrogen-bond donors (Lipinski definition) is 1. The van der Waals surface area contributed by atoms with Crippen LogP contribution in [0.4, 0.5) is 0 Å². The molecule has 24 heavy (non-hydrogen) atoms. The van der Waals surface area contributed by atoms with Crippen molar-refractivity contribution in [3.63, 3.8) is 0 Å². The summed E-state index contributed by atoms with van der Waals surface area (Å²) < 4.78 is 24.5. The molecule has 3 rings (SSSR count). The molecule has 2 atom stereocenters. The monoisotopic (exact) mass is 383 g/mol. The highest BCUT2D eigenvalue weighted by Crippen LogP contribution is 2.41. The zero-order valence-electron chi connectivity index (χ0n) is 13.3. The van der Waals surface area contributed by atoms with E-state index < -0.39 is 15.1 Å². The summed E-state index contributed by atoms with van der Waals surface area (Å²) in [5, 5.41) is 3.85. The van der Waals surface area contributed by atoms with Gasteiger partial charge >= 0.3 is 0 Å². The third-order valence-corrected chi connectivity index (χ3v) is 8.09. The number of carbonyl (C=O) groups is 1. The smallest absolute Gasteiger partial charge is 0.263 e. The van der Waals surface area contributed by atoms with Crippen molar-refractivity contribution in [2.24, 2.45) is 0 Å². The van der Waals surface area contributed by atoms with E-state index in [4.69, 9.17) is 11.6 Å². The van der Waals surface area contributed by atoms with Crippen molar-refractivity contribution in [3.8, 4) is 0 Å². The van der Waals surface area contributed by atoms with Crippen LogP contribution >= 0.6 is 22.9 Å². The van der Waals surface area contributed by atoms with Gasteiger partial charge in [0.15, 0.2) is 9.84 Å². The normalized spacial score (nSPS) is 20.2. The second kappa shape index (κ2) is 6.50. The van der Waals surface area contributed by atoms with Gasteiger partial charge in [-0.2, -0.15) is 0 Å². The lowest BCUT2D eigenvalue weighted by Crippen LogP contribution is -2.26. The van der Waals surface area contributed by atoms with Crippen molar-refractivity contribution in [3.05, 3.63) is 51.2 Å². The van der Waals surface area contributed by atoms with Gasteiger partial charge in [0.05, 0.1) is 15.2 Å². The van der Waals surface area contributed by atoms with E-state index in [1.165, 1.54) is 10.9 Å². The first-order chi connectivity index (χ1) is 11.3. The lowest BCUT2D eigenvalue weighted by atomic mass is 10.1. The second-order valence-corrected chi connectivity index (χ2v) is 9.90. The molecule has 0 spiro atoms. The number of rotatable bonds is 5. The van der Waals surface area contributed by atoms with Gasteiger partial charge in [0, 0.05) is 17.3 Å². The van der Waals surface area contributed by atoms with Crippen molar-refractivity contribution in [1.82, 2.24) is 5.32 Å². The van der Waals surface area contributed by atoms with Gasteiger partial charge in [0.1, 0.15) is 4.88 Å². The molecular formula is C17H18ClNO3S2. The highest BCUT2D eigenvalue weighted by molar-refractivity contribution is 7.92. The largest absolute Gasteiger partial charge is 0.348 e. The van der Waals surface area contributed by atoms with Crippen LogP contribution in [0.1, 0.15) is 41.4 Å². The molecule has 2 unspecified atom stereocenters. The Morgan fingerprint density at radius 2 is 1.96 bits per heavy atom. The summed E-state index contributed by atoms with van der Waals surface area (Å²) in [6.45, 7) is 3.19. The van der Waals surface area contributed by atoms with Gasteiger partial charge in [-0.05, 0) is 25.8 Å². The van der Waals surface area contributed by atoms with E-state index in [9.17, 15) is 13.2 Å². The maximum Gasteiger partial charge on any atom is 0.263 e. The van der Waals surface area contributed by atoms with Gasteiger partial charge in [-0.3, -0.25) is 4.79 Å². The van der Waals surface area contributed by atoms with Crippen molar-refractivity contribution in [1.29, 1.82) is 0 Å². The van der Waals surface area contributed by atoms with E-state index in [2.05, 4.69) is 5.32 Å². The van der Waals surface area contributed by atoms with Crippen LogP contribution in [0.25, 0.3) is 0 Å². The number of nitrogens with one attached hydrogen (secondary N) is 1. The molecule has 1 N–H and O–H groups in total. The van der Waals surface area contributed by atoms with Crippen LogP contribution in [0.15, 0.2) is 40.6 Å². The summed E-state index contributed by atoms with van der Waals surface area (Å²) in [6, 6.07) is 10.1. The van der Waals surface area contributed by atoms with Crippen LogP contribution in [-0.2, 0) is 9.84 Å². The van der Waals surface area contributed by atoms with Crippen LogP contribution in [0.3, 0.4) is 0 Å². The third kappa shape index (κ3) is 3.23. The minimum absolute atomic E-state index is 0.0307. The SMILES string of the molecule is CC(C)S(=O)(=O)c1csc(C(=O)NC2CC2c2ccccc2)c1Cl. The Hall–Kier alpha value is -1.37. The Labute approximate surface area is 150 Å². The molecule has 1 aliphatic carbocycles. The standard InChI is InChI=1S/C17H18ClNO3S2/c1-10(2)24(21,22)14-9-23-16(15(14)18)17(20)19-13-8-12(13)11-6-4-3-5-7-11/h3-7,9-10,12-13H,8H2,1-2H3,(H,19,20). The minimum Gasteiger partial charge on any atom is -0.348 e. The summed E-state index contributed by atoms with van der Waals surface area (Å²) in [4.78, 5) is 12.7. The van der Waals surface area contributed by atoms with Gasteiger partial charge in [0.2, 0.25) is 0 Å². The Bertz CT molecular complexity index is 859. The first kappa shape index (κ1) is 17.5. The topological polar surface area (TPSA) is 63.2 Å². The van der Waals surface area contributed by atoms with Gasteiger partial charge < -0.3 is 5.32 Å². The fraction of sp³-hybridized carbons (Fsp3) is 0.353. The van der Waals surface area contributed by atoms with Crippen molar-refractivity contribution in [2.75, 3.05) is 0 Å². The molecule has 1 saturated carbocycles. The van der Waals surface area contributed by atoms with E-state index in [0.29, 0.717) is 5.92 Å². The summed E-state index contributed by atoms with van der Waals surface area (Å²) in [7, 11) is -3.49. The average molecular weight is 384 g/mol. The number of hydrogen-bond acceptors (Lipinski definition) is 4. The molecular weight excluding hydrogens is 366 g/mol. The zero-order chi connectivity index (χ0) is 17.5. The highest BCUT2D eigenvalue weighted by atomic mass is 35.5. The fourth-order valence-corrected chi connectivity index (χ4v) is 5.57. The van der Waals surface area contributed by atoms with E-state index in [1.807, 2.05) is 30.3 Å².